The Morgan fingerprint density at radius 3 is 2.91 bits per heavy atom. The van der Waals surface area contributed by atoms with Crippen LogP contribution in [0, 0.1) is 11.8 Å². The summed E-state index contributed by atoms with van der Waals surface area (Å²) < 4.78 is 0. The van der Waals surface area contributed by atoms with Gasteiger partial charge in [-0.15, -0.1) is 5.10 Å². The normalized spacial score (nSPS) is 27.0. The van der Waals surface area contributed by atoms with Gasteiger partial charge in [-0.1, -0.05) is 0 Å². The Kier molecular flexibility index (Phi) is 3.36. The lowest BCUT2D eigenvalue weighted by Gasteiger charge is -2.30. The fourth-order valence-electron chi connectivity index (χ4n) is 4.01. The highest BCUT2D eigenvalue weighted by molar-refractivity contribution is 5.41. The molecule has 22 heavy (non-hydrogen) atoms. The zero-order chi connectivity index (χ0) is 14.9. The number of anilines is 2. The van der Waals surface area contributed by atoms with Crippen LogP contribution in [0.1, 0.15) is 12.8 Å². The molecule has 0 amide bonds. The third kappa shape index (κ3) is 2.28. The average molecular weight is 296 g/mol. The standard InChI is InChI=1S/C16H20N6/c1-21(15-3-2-6-19-20-15)14-5-4-12-10-22(11-13(12)14)16-9-17-7-8-18-16/h2-3,6-9,12-14H,4-5,10-11H2,1H3/t12-,13+,14-/m1/s1. The second-order valence-corrected chi connectivity index (χ2v) is 6.23. The van der Waals surface area contributed by atoms with Gasteiger partial charge in [0.05, 0.1) is 6.20 Å². The van der Waals surface area contributed by atoms with Crippen molar-refractivity contribution in [2.45, 2.75) is 18.9 Å². The van der Waals surface area contributed by atoms with Gasteiger partial charge in [0.25, 0.3) is 0 Å². The van der Waals surface area contributed by atoms with Crippen molar-refractivity contribution in [3.8, 4) is 0 Å². The molecule has 3 atom stereocenters. The van der Waals surface area contributed by atoms with Gasteiger partial charge in [-0.05, 0) is 30.9 Å². The summed E-state index contributed by atoms with van der Waals surface area (Å²) in [5.41, 5.74) is 0. The largest absolute Gasteiger partial charge is 0.355 e. The Morgan fingerprint density at radius 1 is 1.18 bits per heavy atom. The molecular formula is C16H20N6. The molecule has 4 rings (SSSR count). The van der Waals surface area contributed by atoms with E-state index in [1.807, 2.05) is 18.3 Å². The van der Waals surface area contributed by atoms with Gasteiger partial charge in [-0.2, -0.15) is 5.10 Å². The van der Waals surface area contributed by atoms with Crippen molar-refractivity contribution >= 4 is 11.6 Å². The molecule has 0 unspecified atom stereocenters. The van der Waals surface area contributed by atoms with E-state index < -0.39 is 0 Å². The van der Waals surface area contributed by atoms with Crippen LogP contribution in [-0.4, -0.2) is 46.3 Å². The molecule has 2 fully saturated rings. The first kappa shape index (κ1) is 13.4. The lowest BCUT2D eigenvalue weighted by Crippen LogP contribution is -2.38. The van der Waals surface area contributed by atoms with Crippen LogP contribution in [0.15, 0.2) is 36.9 Å². The maximum absolute atomic E-state index is 4.44. The number of hydrogen-bond donors (Lipinski definition) is 0. The molecule has 0 spiro atoms. The van der Waals surface area contributed by atoms with Gasteiger partial charge in [0.2, 0.25) is 0 Å². The fraction of sp³-hybridized carbons (Fsp3) is 0.500. The number of fused-ring (bicyclic) bond motifs is 1. The van der Waals surface area contributed by atoms with Crippen molar-refractivity contribution in [1.82, 2.24) is 20.2 Å². The van der Waals surface area contributed by atoms with Crippen LogP contribution in [0.5, 0.6) is 0 Å². The summed E-state index contributed by atoms with van der Waals surface area (Å²) in [6.45, 7) is 2.15. The molecule has 2 aliphatic rings. The predicted octanol–water partition coefficient (Wildman–Crippen LogP) is 1.62. The first-order valence-electron chi connectivity index (χ1n) is 7.84. The summed E-state index contributed by atoms with van der Waals surface area (Å²) in [6, 6.07) is 4.52. The Labute approximate surface area is 130 Å². The highest BCUT2D eigenvalue weighted by atomic mass is 15.3. The van der Waals surface area contributed by atoms with Crippen molar-refractivity contribution < 1.29 is 0 Å². The monoisotopic (exact) mass is 296 g/mol. The average Bonchev–Trinajstić information content (AvgIpc) is 3.16. The zero-order valence-corrected chi connectivity index (χ0v) is 12.7. The van der Waals surface area contributed by atoms with Gasteiger partial charge in [-0.25, -0.2) is 4.98 Å². The number of nitrogens with zero attached hydrogens (tertiary/aromatic N) is 6. The summed E-state index contributed by atoms with van der Waals surface area (Å²) in [5, 5.41) is 8.26. The molecule has 1 saturated carbocycles. The first-order valence-corrected chi connectivity index (χ1v) is 7.84. The van der Waals surface area contributed by atoms with E-state index in [0.717, 1.165) is 30.6 Å². The van der Waals surface area contributed by atoms with Crippen molar-refractivity contribution in [2.75, 3.05) is 29.9 Å². The molecule has 2 aromatic rings. The summed E-state index contributed by atoms with van der Waals surface area (Å²) >= 11 is 0. The summed E-state index contributed by atoms with van der Waals surface area (Å²) in [5.74, 6) is 3.36. The molecule has 3 heterocycles. The summed E-state index contributed by atoms with van der Waals surface area (Å²) in [4.78, 5) is 13.3. The zero-order valence-electron chi connectivity index (χ0n) is 12.7. The minimum Gasteiger partial charge on any atom is -0.355 e. The van der Waals surface area contributed by atoms with Crippen LogP contribution in [0.4, 0.5) is 11.6 Å². The molecule has 0 radical (unpaired) electrons. The van der Waals surface area contributed by atoms with E-state index in [-0.39, 0.29) is 0 Å². The molecule has 0 N–H and O–H groups in total. The molecule has 1 saturated heterocycles. The highest BCUT2D eigenvalue weighted by Gasteiger charge is 2.44. The smallest absolute Gasteiger partial charge is 0.151 e. The van der Waals surface area contributed by atoms with Gasteiger partial charge < -0.3 is 9.80 Å². The van der Waals surface area contributed by atoms with Crippen LogP contribution in [0.3, 0.4) is 0 Å². The van der Waals surface area contributed by atoms with Gasteiger partial charge in [-0.3, -0.25) is 4.98 Å². The van der Waals surface area contributed by atoms with Gasteiger partial charge in [0, 0.05) is 50.7 Å². The maximum atomic E-state index is 4.44. The van der Waals surface area contributed by atoms with Crippen LogP contribution in [0.25, 0.3) is 0 Å². The second kappa shape index (κ2) is 5.51. The van der Waals surface area contributed by atoms with Gasteiger partial charge in [0.15, 0.2) is 5.82 Å². The minimum atomic E-state index is 0.531. The fourth-order valence-corrected chi connectivity index (χ4v) is 4.01. The van der Waals surface area contributed by atoms with Crippen LogP contribution < -0.4 is 9.80 Å². The Bertz CT molecular complexity index is 619. The third-order valence-electron chi connectivity index (χ3n) is 5.11. The van der Waals surface area contributed by atoms with Crippen LogP contribution in [0.2, 0.25) is 0 Å². The third-order valence-corrected chi connectivity index (χ3v) is 5.11. The molecule has 2 aromatic heterocycles. The van der Waals surface area contributed by atoms with E-state index in [1.54, 1.807) is 18.6 Å². The van der Waals surface area contributed by atoms with Crippen LogP contribution >= 0.6 is 0 Å². The first-order chi connectivity index (χ1) is 10.8. The van der Waals surface area contributed by atoms with Gasteiger partial charge >= 0.3 is 0 Å². The van der Waals surface area contributed by atoms with Crippen molar-refractivity contribution in [3.05, 3.63) is 36.9 Å². The SMILES string of the molecule is CN(c1cccnn1)[C@@H]1CC[C@@H]2CN(c3cnccn3)C[C@@H]21. The Balaban J connectivity index is 1.51. The van der Waals surface area contributed by atoms with E-state index in [1.165, 1.54) is 12.8 Å². The molecule has 114 valence electrons. The number of rotatable bonds is 3. The molecule has 0 aromatic carbocycles. The summed E-state index contributed by atoms with van der Waals surface area (Å²) in [7, 11) is 2.14. The molecule has 1 aliphatic carbocycles. The highest BCUT2D eigenvalue weighted by Crippen LogP contribution is 2.42. The van der Waals surface area contributed by atoms with E-state index >= 15 is 0 Å². The topological polar surface area (TPSA) is 58.0 Å². The summed E-state index contributed by atoms with van der Waals surface area (Å²) in [6.07, 6.45) is 9.59. The number of aromatic nitrogens is 4. The van der Waals surface area contributed by atoms with Crippen LogP contribution in [-0.2, 0) is 0 Å². The predicted molar refractivity (Wildman–Crippen MR) is 84.7 cm³/mol. The van der Waals surface area contributed by atoms with Crippen molar-refractivity contribution in [1.29, 1.82) is 0 Å². The minimum absolute atomic E-state index is 0.531. The molecular weight excluding hydrogens is 276 g/mol. The maximum Gasteiger partial charge on any atom is 0.151 e. The van der Waals surface area contributed by atoms with Crippen molar-refractivity contribution in [3.63, 3.8) is 0 Å². The molecule has 6 nitrogen and oxygen atoms in total. The van der Waals surface area contributed by atoms with Gasteiger partial charge in [0.1, 0.15) is 5.82 Å². The quantitative estimate of drug-likeness (QED) is 0.858. The van der Waals surface area contributed by atoms with E-state index in [0.29, 0.717) is 12.0 Å². The molecule has 0 bridgehead atoms. The lowest BCUT2D eigenvalue weighted by molar-refractivity contribution is 0.440. The van der Waals surface area contributed by atoms with Crippen molar-refractivity contribution in [2.24, 2.45) is 11.8 Å². The number of hydrogen-bond acceptors (Lipinski definition) is 6. The van der Waals surface area contributed by atoms with E-state index in [9.17, 15) is 0 Å². The molecule has 6 heteroatoms. The Hall–Kier alpha value is -2.24. The second-order valence-electron chi connectivity index (χ2n) is 6.23. The lowest BCUT2D eigenvalue weighted by atomic mass is 9.97. The molecule has 1 aliphatic heterocycles. The van der Waals surface area contributed by atoms with E-state index in [2.05, 4.69) is 37.0 Å². The Morgan fingerprint density at radius 2 is 2.14 bits per heavy atom. The van der Waals surface area contributed by atoms with E-state index in [4.69, 9.17) is 0 Å².